The van der Waals surface area contributed by atoms with E-state index in [1.165, 1.54) is 0 Å². The monoisotopic (exact) mass is 429 g/mol. The van der Waals surface area contributed by atoms with E-state index in [1.54, 1.807) is 0 Å². The number of carbonyl (C=O) groups excluding carboxylic acids is 4. The zero-order chi connectivity index (χ0) is 22.5. The molecule has 0 aromatic carbocycles. The van der Waals surface area contributed by atoms with E-state index in [1.807, 2.05) is 0 Å². The van der Waals surface area contributed by atoms with Crippen molar-refractivity contribution in [1.29, 1.82) is 0 Å². The average Bonchev–Trinajstić information content (AvgIpc) is 2.97. The Hall–Kier alpha value is -3.32. The molecule has 13 heteroatoms. The molecule has 0 aromatic rings. The third kappa shape index (κ3) is 9.75. The summed E-state index contributed by atoms with van der Waals surface area (Å²) in [6, 6.07) is -1.51. The summed E-state index contributed by atoms with van der Waals surface area (Å²) in [7, 11) is 0. The maximum Gasteiger partial charge on any atom is 0.326 e. The molecular weight excluding hydrogens is 406 g/mol. The van der Waals surface area contributed by atoms with Crippen molar-refractivity contribution in [3.63, 3.8) is 0 Å². The van der Waals surface area contributed by atoms with Gasteiger partial charge in [0, 0.05) is 25.1 Å². The van der Waals surface area contributed by atoms with E-state index in [4.69, 9.17) is 19.7 Å². The lowest BCUT2D eigenvalue weighted by Gasteiger charge is -2.13. The molecule has 0 saturated heterocycles. The Labute approximate surface area is 171 Å². The Balaban J connectivity index is 2.01. The molecule has 1 heterocycles. The number of hydrogen-bond acceptors (Lipinski definition) is 8. The van der Waals surface area contributed by atoms with Gasteiger partial charge < -0.3 is 30.3 Å². The molecule has 1 aliphatic heterocycles. The largest absolute Gasteiger partial charge is 0.481 e. The van der Waals surface area contributed by atoms with Crippen molar-refractivity contribution in [1.82, 2.24) is 15.5 Å². The second-order valence-electron chi connectivity index (χ2n) is 5.98. The van der Waals surface area contributed by atoms with Crippen LogP contribution in [0.4, 0.5) is 0 Å². The van der Waals surface area contributed by atoms with Crippen LogP contribution in [0.5, 0.6) is 0 Å². The van der Waals surface area contributed by atoms with Crippen molar-refractivity contribution in [2.45, 2.75) is 18.9 Å². The summed E-state index contributed by atoms with van der Waals surface area (Å²) < 4.78 is 10.3. The molecule has 4 N–H and O–H groups in total. The predicted molar refractivity (Wildman–Crippen MR) is 96.9 cm³/mol. The van der Waals surface area contributed by atoms with Gasteiger partial charge >= 0.3 is 11.9 Å². The van der Waals surface area contributed by atoms with Gasteiger partial charge in [-0.15, -0.1) is 0 Å². The molecular formula is C17H23N3O10. The van der Waals surface area contributed by atoms with Crippen LogP contribution in [0.1, 0.15) is 12.8 Å². The van der Waals surface area contributed by atoms with Gasteiger partial charge in [0.05, 0.1) is 32.8 Å². The van der Waals surface area contributed by atoms with Gasteiger partial charge in [0.2, 0.25) is 11.8 Å². The Kier molecular flexibility index (Phi) is 10.7. The molecule has 166 valence electrons. The lowest BCUT2D eigenvalue weighted by molar-refractivity contribution is -0.147. The Morgan fingerprint density at radius 3 is 2.10 bits per heavy atom. The van der Waals surface area contributed by atoms with Gasteiger partial charge in [0.15, 0.2) is 0 Å². The molecule has 30 heavy (non-hydrogen) atoms. The van der Waals surface area contributed by atoms with Crippen molar-refractivity contribution in [3.8, 4) is 0 Å². The number of carbonyl (C=O) groups is 6. The highest BCUT2D eigenvalue weighted by Crippen LogP contribution is 2.02. The normalized spacial score (nSPS) is 13.9. The molecule has 4 amide bonds. The molecule has 0 aromatic heterocycles. The van der Waals surface area contributed by atoms with Crippen LogP contribution in [0.25, 0.3) is 0 Å². The number of amides is 4. The van der Waals surface area contributed by atoms with Gasteiger partial charge in [-0.25, -0.2) is 4.79 Å². The minimum absolute atomic E-state index is 0.0166. The van der Waals surface area contributed by atoms with Crippen molar-refractivity contribution in [3.05, 3.63) is 12.2 Å². The average molecular weight is 429 g/mol. The smallest absolute Gasteiger partial charge is 0.326 e. The SMILES string of the molecule is O=C(O)CC(NC(=O)CCOCCOCCNC(=O)CN1C(=O)C=CC1=O)C(=O)O. The summed E-state index contributed by atoms with van der Waals surface area (Å²) in [6.07, 6.45) is 1.29. The first kappa shape index (κ1) is 24.7. The quantitative estimate of drug-likeness (QED) is 0.160. The third-order valence-corrected chi connectivity index (χ3v) is 3.63. The van der Waals surface area contributed by atoms with E-state index >= 15 is 0 Å². The van der Waals surface area contributed by atoms with E-state index in [0.717, 1.165) is 17.1 Å². The lowest BCUT2D eigenvalue weighted by Crippen LogP contribution is -2.42. The maximum absolute atomic E-state index is 11.6. The number of nitrogens with zero attached hydrogens (tertiary/aromatic N) is 1. The zero-order valence-electron chi connectivity index (χ0n) is 16.0. The highest BCUT2D eigenvalue weighted by atomic mass is 16.5. The number of nitrogens with one attached hydrogen (secondary N) is 2. The number of hydrogen-bond donors (Lipinski definition) is 4. The molecule has 13 nitrogen and oxygen atoms in total. The molecule has 1 aliphatic rings. The van der Waals surface area contributed by atoms with Crippen molar-refractivity contribution < 1.29 is 48.5 Å². The van der Waals surface area contributed by atoms with Crippen LogP contribution < -0.4 is 10.6 Å². The van der Waals surface area contributed by atoms with Crippen LogP contribution in [0, 0.1) is 0 Å². The number of carboxylic acid groups (broad SMARTS) is 2. The van der Waals surface area contributed by atoms with Gasteiger partial charge in [0.1, 0.15) is 12.6 Å². The molecule has 0 bridgehead atoms. The second-order valence-corrected chi connectivity index (χ2v) is 5.98. The Morgan fingerprint density at radius 1 is 0.933 bits per heavy atom. The van der Waals surface area contributed by atoms with E-state index in [0.29, 0.717) is 0 Å². The first-order chi connectivity index (χ1) is 14.2. The number of carboxylic acids is 2. The Bertz CT molecular complexity index is 688. The van der Waals surface area contributed by atoms with Crippen LogP contribution in [0.2, 0.25) is 0 Å². The first-order valence-electron chi connectivity index (χ1n) is 8.90. The minimum Gasteiger partial charge on any atom is -0.481 e. The van der Waals surface area contributed by atoms with Crippen LogP contribution >= 0.6 is 0 Å². The van der Waals surface area contributed by atoms with E-state index in [9.17, 15) is 28.8 Å². The molecule has 0 fully saturated rings. The molecule has 1 unspecified atom stereocenters. The van der Waals surface area contributed by atoms with Crippen LogP contribution in [-0.4, -0.2) is 96.2 Å². The van der Waals surface area contributed by atoms with Crippen molar-refractivity contribution >= 4 is 35.6 Å². The standard InChI is InChI=1S/C17H23N3O10/c21-12(19-11(17(27)28)9-16(25)26)3-5-29-7-8-30-6-4-18-13(22)10-20-14(23)1-2-15(20)24/h1-2,11H,3-10H2,(H,18,22)(H,19,21)(H,25,26)(H,27,28). The minimum atomic E-state index is -1.51. The lowest BCUT2D eigenvalue weighted by atomic mass is 10.2. The predicted octanol–water partition coefficient (Wildman–Crippen LogP) is -2.50. The fourth-order valence-electron chi connectivity index (χ4n) is 2.18. The summed E-state index contributed by atoms with van der Waals surface area (Å²) in [6.45, 7) is 0.237. The second kappa shape index (κ2) is 13.0. The molecule has 1 rings (SSSR count). The number of imide groups is 1. The highest BCUT2D eigenvalue weighted by molar-refractivity contribution is 6.14. The summed E-state index contributed by atoms with van der Waals surface area (Å²) in [4.78, 5) is 68.0. The van der Waals surface area contributed by atoms with Crippen LogP contribution in [-0.2, 0) is 38.2 Å². The molecule has 1 atom stereocenters. The number of ether oxygens (including phenoxy) is 2. The van der Waals surface area contributed by atoms with Crippen molar-refractivity contribution in [2.24, 2.45) is 0 Å². The Morgan fingerprint density at radius 2 is 1.53 bits per heavy atom. The number of rotatable bonds is 15. The summed E-state index contributed by atoms with van der Waals surface area (Å²) in [5.41, 5.74) is 0. The van der Waals surface area contributed by atoms with Gasteiger partial charge in [-0.05, 0) is 0 Å². The fraction of sp³-hybridized carbons (Fsp3) is 0.529. The molecule has 0 aliphatic carbocycles. The fourth-order valence-corrected chi connectivity index (χ4v) is 2.18. The van der Waals surface area contributed by atoms with Crippen LogP contribution in [0.15, 0.2) is 12.2 Å². The van der Waals surface area contributed by atoms with Crippen molar-refractivity contribution in [2.75, 3.05) is 39.5 Å². The van der Waals surface area contributed by atoms with E-state index in [-0.39, 0.29) is 45.9 Å². The van der Waals surface area contributed by atoms with Crippen LogP contribution in [0.3, 0.4) is 0 Å². The van der Waals surface area contributed by atoms with Gasteiger partial charge in [-0.3, -0.25) is 28.9 Å². The summed E-state index contributed by atoms with van der Waals surface area (Å²) in [5, 5.41) is 22.0. The molecule has 0 spiro atoms. The van der Waals surface area contributed by atoms with Gasteiger partial charge in [-0.2, -0.15) is 0 Å². The molecule has 0 saturated carbocycles. The van der Waals surface area contributed by atoms with Gasteiger partial charge in [-0.1, -0.05) is 0 Å². The third-order valence-electron chi connectivity index (χ3n) is 3.63. The maximum atomic E-state index is 11.6. The van der Waals surface area contributed by atoms with Gasteiger partial charge in [0.25, 0.3) is 11.8 Å². The topological polar surface area (TPSA) is 189 Å². The van der Waals surface area contributed by atoms with E-state index < -0.39 is 48.0 Å². The summed E-state index contributed by atoms with van der Waals surface area (Å²) >= 11 is 0. The summed E-state index contributed by atoms with van der Waals surface area (Å²) in [5.74, 6) is -5.04. The van der Waals surface area contributed by atoms with E-state index in [2.05, 4.69) is 10.6 Å². The molecule has 0 radical (unpaired) electrons. The first-order valence-corrected chi connectivity index (χ1v) is 8.90. The highest BCUT2D eigenvalue weighted by Gasteiger charge is 2.25. The number of aliphatic carboxylic acids is 2. The zero-order valence-corrected chi connectivity index (χ0v) is 16.0.